The first-order chi connectivity index (χ1) is 9.08. The van der Waals surface area contributed by atoms with Gasteiger partial charge in [0.05, 0.1) is 0 Å². The Balaban J connectivity index is 0.00000361. The minimum Gasteiger partial charge on any atom is -0.370 e. The van der Waals surface area contributed by atoms with Crippen LogP contribution in [0.25, 0.3) is 0 Å². The number of rotatable bonds is 7. The Morgan fingerprint density at radius 1 is 1.30 bits per heavy atom. The van der Waals surface area contributed by atoms with Crippen LogP contribution in [0.15, 0.2) is 4.99 Å². The first-order valence-corrected chi connectivity index (χ1v) is 7.84. The molecule has 0 aromatic heterocycles. The molecule has 1 rings (SSSR count). The Morgan fingerprint density at radius 2 is 1.95 bits per heavy atom. The monoisotopic (exact) mass is 396 g/mol. The van der Waals surface area contributed by atoms with Gasteiger partial charge in [-0.3, -0.25) is 4.99 Å². The van der Waals surface area contributed by atoms with E-state index in [1.165, 1.54) is 45.3 Å². The summed E-state index contributed by atoms with van der Waals surface area (Å²) in [7, 11) is 0. The van der Waals surface area contributed by atoms with Crippen LogP contribution in [0.1, 0.15) is 46.5 Å². The molecule has 1 aliphatic rings. The molecule has 20 heavy (non-hydrogen) atoms. The van der Waals surface area contributed by atoms with Crippen molar-refractivity contribution in [1.82, 2.24) is 10.2 Å². The van der Waals surface area contributed by atoms with Crippen LogP contribution in [0.3, 0.4) is 0 Å². The van der Waals surface area contributed by atoms with Crippen molar-refractivity contribution < 1.29 is 0 Å². The number of hydrogen-bond acceptors (Lipinski definition) is 2. The van der Waals surface area contributed by atoms with Gasteiger partial charge in [-0.2, -0.15) is 0 Å². The van der Waals surface area contributed by atoms with E-state index in [0.29, 0.717) is 11.9 Å². The lowest BCUT2D eigenvalue weighted by molar-refractivity contribution is 0.189. The van der Waals surface area contributed by atoms with Gasteiger partial charge in [-0.15, -0.1) is 24.0 Å². The molecule has 0 saturated carbocycles. The highest BCUT2D eigenvalue weighted by Crippen LogP contribution is 2.15. The van der Waals surface area contributed by atoms with E-state index >= 15 is 0 Å². The van der Waals surface area contributed by atoms with Gasteiger partial charge in [0.25, 0.3) is 0 Å². The number of nitrogens with one attached hydrogen (secondary N) is 1. The van der Waals surface area contributed by atoms with E-state index in [9.17, 15) is 0 Å². The number of hydrogen-bond donors (Lipinski definition) is 2. The Labute approximate surface area is 142 Å². The van der Waals surface area contributed by atoms with Gasteiger partial charge >= 0.3 is 0 Å². The minimum atomic E-state index is 0. The fourth-order valence-electron chi connectivity index (χ4n) is 2.30. The van der Waals surface area contributed by atoms with Crippen molar-refractivity contribution in [3.05, 3.63) is 0 Å². The van der Waals surface area contributed by atoms with E-state index in [4.69, 9.17) is 5.73 Å². The zero-order chi connectivity index (χ0) is 14.1. The van der Waals surface area contributed by atoms with Crippen molar-refractivity contribution in [2.24, 2.45) is 22.6 Å². The number of nitrogens with zero attached hydrogens (tertiary/aromatic N) is 2. The Bertz CT molecular complexity index is 261. The van der Waals surface area contributed by atoms with Crippen LogP contribution in [0, 0.1) is 11.8 Å². The molecule has 120 valence electrons. The normalized spacial score (nSPS) is 18.1. The first-order valence-electron chi connectivity index (χ1n) is 7.84. The summed E-state index contributed by atoms with van der Waals surface area (Å²) < 4.78 is 0. The van der Waals surface area contributed by atoms with Gasteiger partial charge in [0.2, 0.25) is 0 Å². The molecule has 0 aliphatic carbocycles. The highest BCUT2D eigenvalue weighted by Gasteiger charge is 2.14. The molecule has 5 heteroatoms. The third kappa shape index (κ3) is 9.80. The van der Waals surface area contributed by atoms with E-state index in [1.54, 1.807) is 0 Å². The van der Waals surface area contributed by atoms with E-state index in [0.717, 1.165) is 19.0 Å². The number of guanidine groups is 1. The molecule has 0 radical (unpaired) electrons. The lowest BCUT2D eigenvalue weighted by atomic mass is 9.99. The number of aliphatic imine (C=N–C) groups is 1. The SMILES string of the molecule is CC(C)CN=C(N)NCCCCN1CCC(C)CC1.I. The second kappa shape index (κ2) is 11.6. The van der Waals surface area contributed by atoms with Crippen LogP contribution in [0.4, 0.5) is 0 Å². The second-order valence-electron chi connectivity index (χ2n) is 6.28. The summed E-state index contributed by atoms with van der Waals surface area (Å²) in [6.07, 6.45) is 5.16. The molecular weight excluding hydrogens is 363 g/mol. The summed E-state index contributed by atoms with van der Waals surface area (Å²) in [5.74, 6) is 2.09. The van der Waals surface area contributed by atoms with Crippen molar-refractivity contribution in [2.75, 3.05) is 32.7 Å². The quantitative estimate of drug-likeness (QED) is 0.301. The summed E-state index contributed by atoms with van der Waals surface area (Å²) in [6.45, 7) is 12.2. The molecule has 1 heterocycles. The molecule has 0 amide bonds. The smallest absolute Gasteiger partial charge is 0.188 e. The lowest BCUT2D eigenvalue weighted by Gasteiger charge is -2.30. The number of likely N-dealkylation sites (tertiary alicyclic amines) is 1. The molecule has 0 aromatic rings. The van der Waals surface area contributed by atoms with Crippen LogP contribution in [0.5, 0.6) is 0 Å². The van der Waals surface area contributed by atoms with Crippen molar-refractivity contribution in [3.63, 3.8) is 0 Å². The maximum atomic E-state index is 5.79. The molecule has 3 N–H and O–H groups in total. The third-order valence-corrected chi connectivity index (χ3v) is 3.71. The van der Waals surface area contributed by atoms with Crippen molar-refractivity contribution in [2.45, 2.75) is 46.5 Å². The van der Waals surface area contributed by atoms with Crippen LogP contribution < -0.4 is 11.1 Å². The average Bonchev–Trinajstić information content (AvgIpc) is 2.38. The zero-order valence-electron chi connectivity index (χ0n) is 13.4. The van der Waals surface area contributed by atoms with E-state index in [2.05, 4.69) is 36.0 Å². The summed E-state index contributed by atoms with van der Waals surface area (Å²) in [5.41, 5.74) is 5.79. The van der Waals surface area contributed by atoms with Crippen molar-refractivity contribution in [3.8, 4) is 0 Å². The second-order valence-corrected chi connectivity index (χ2v) is 6.28. The molecule has 0 bridgehead atoms. The fraction of sp³-hybridized carbons (Fsp3) is 0.933. The number of piperidine rings is 1. The van der Waals surface area contributed by atoms with Gasteiger partial charge in [0, 0.05) is 13.1 Å². The third-order valence-electron chi connectivity index (χ3n) is 3.71. The highest BCUT2D eigenvalue weighted by molar-refractivity contribution is 14.0. The summed E-state index contributed by atoms with van der Waals surface area (Å²) in [6, 6.07) is 0. The molecular formula is C15H33IN4. The maximum absolute atomic E-state index is 5.79. The largest absolute Gasteiger partial charge is 0.370 e. The predicted octanol–water partition coefficient (Wildman–Crippen LogP) is 2.68. The number of nitrogens with two attached hydrogens (primary N) is 1. The highest BCUT2D eigenvalue weighted by atomic mass is 127. The predicted molar refractivity (Wildman–Crippen MR) is 98.8 cm³/mol. The van der Waals surface area contributed by atoms with Gasteiger partial charge in [0.1, 0.15) is 0 Å². The van der Waals surface area contributed by atoms with Gasteiger partial charge in [-0.25, -0.2) is 0 Å². The maximum Gasteiger partial charge on any atom is 0.188 e. The van der Waals surface area contributed by atoms with Crippen LogP contribution in [0.2, 0.25) is 0 Å². The molecule has 0 aromatic carbocycles. The van der Waals surface area contributed by atoms with E-state index in [-0.39, 0.29) is 24.0 Å². The van der Waals surface area contributed by atoms with E-state index in [1.807, 2.05) is 0 Å². The number of halogens is 1. The van der Waals surface area contributed by atoms with Gasteiger partial charge < -0.3 is 16.0 Å². The van der Waals surface area contributed by atoms with Crippen LogP contribution in [-0.2, 0) is 0 Å². The molecule has 1 aliphatic heterocycles. The van der Waals surface area contributed by atoms with Crippen LogP contribution >= 0.6 is 24.0 Å². The molecule has 0 unspecified atom stereocenters. The average molecular weight is 396 g/mol. The lowest BCUT2D eigenvalue weighted by Crippen LogP contribution is -2.35. The molecule has 4 nitrogen and oxygen atoms in total. The van der Waals surface area contributed by atoms with Crippen LogP contribution in [-0.4, -0.2) is 43.6 Å². The van der Waals surface area contributed by atoms with Gasteiger partial charge in [0.15, 0.2) is 5.96 Å². The van der Waals surface area contributed by atoms with Gasteiger partial charge in [-0.05, 0) is 57.2 Å². The molecule has 0 atom stereocenters. The first kappa shape index (κ1) is 20.0. The van der Waals surface area contributed by atoms with Gasteiger partial charge in [-0.1, -0.05) is 20.8 Å². The zero-order valence-corrected chi connectivity index (χ0v) is 15.7. The number of unbranched alkanes of at least 4 members (excludes halogenated alkanes) is 1. The van der Waals surface area contributed by atoms with Crippen molar-refractivity contribution >= 4 is 29.9 Å². The fourth-order valence-corrected chi connectivity index (χ4v) is 2.30. The Morgan fingerprint density at radius 3 is 2.55 bits per heavy atom. The molecule has 1 saturated heterocycles. The summed E-state index contributed by atoms with van der Waals surface area (Å²) >= 11 is 0. The summed E-state index contributed by atoms with van der Waals surface area (Å²) in [5, 5.41) is 3.19. The molecule has 1 fully saturated rings. The Hall–Kier alpha value is -0.0400. The van der Waals surface area contributed by atoms with Crippen molar-refractivity contribution in [1.29, 1.82) is 0 Å². The standard InChI is InChI=1S/C15H32N4.HI/c1-13(2)12-18-15(16)17-8-4-5-9-19-10-6-14(3)7-11-19;/h13-14H,4-12H2,1-3H3,(H3,16,17,18);1H. The minimum absolute atomic E-state index is 0. The van der Waals surface area contributed by atoms with E-state index < -0.39 is 0 Å². The molecule has 0 spiro atoms. The topological polar surface area (TPSA) is 53.6 Å². The Kier molecular flexibility index (Phi) is 11.6. The summed E-state index contributed by atoms with van der Waals surface area (Å²) in [4.78, 5) is 6.89.